The van der Waals surface area contributed by atoms with Crippen molar-refractivity contribution in [1.82, 2.24) is 4.90 Å². The molecule has 0 saturated carbocycles. The molecule has 0 unspecified atom stereocenters. The zero-order chi connectivity index (χ0) is 17.2. The Kier molecular flexibility index (Phi) is 4.97. The molecule has 0 bridgehead atoms. The van der Waals surface area contributed by atoms with E-state index in [0.29, 0.717) is 25.9 Å². The molecule has 0 aromatic heterocycles. The monoisotopic (exact) mass is 328 g/mol. The van der Waals surface area contributed by atoms with Gasteiger partial charge in [0, 0.05) is 43.8 Å². The van der Waals surface area contributed by atoms with Crippen LogP contribution in [0, 0.1) is 11.6 Å². The number of benzene rings is 1. The Morgan fingerprint density at radius 3 is 2.22 bits per heavy atom. The third-order valence-electron chi connectivity index (χ3n) is 3.40. The molecule has 5 nitrogen and oxygen atoms in total. The van der Waals surface area contributed by atoms with E-state index in [4.69, 9.17) is 15.2 Å². The number of rotatable bonds is 2. The molecule has 1 fully saturated rings. The number of hydrogen-bond donors (Lipinski definition) is 1. The second-order valence-corrected chi connectivity index (χ2v) is 6.60. The van der Waals surface area contributed by atoms with Crippen molar-refractivity contribution < 1.29 is 23.0 Å². The van der Waals surface area contributed by atoms with Gasteiger partial charge in [0.1, 0.15) is 11.7 Å². The van der Waals surface area contributed by atoms with Gasteiger partial charge in [0.05, 0.1) is 0 Å². The van der Waals surface area contributed by atoms with Gasteiger partial charge in [-0.1, -0.05) is 0 Å². The third-order valence-corrected chi connectivity index (χ3v) is 3.40. The molecule has 7 heteroatoms. The van der Waals surface area contributed by atoms with Gasteiger partial charge in [0.2, 0.25) is 0 Å². The summed E-state index contributed by atoms with van der Waals surface area (Å²) >= 11 is 0. The largest absolute Gasteiger partial charge is 0.484 e. The summed E-state index contributed by atoms with van der Waals surface area (Å²) in [5, 5.41) is 0. The fraction of sp³-hybridized carbons (Fsp3) is 0.562. The smallest absolute Gasteiger partial charge is 0.410 e. The van der Waals surface area contributed by atoms with E-state index < -0.39 is 23.0 Å². The minimum absolute atomic E-state index is 0.00657. The Morgan fingerprint density at radius 1 is 1.22 bits per heavy atom. The number of ether oxygens (including phenoxy) is 2. The highest BCUT2D eigenvalue weighted by Gasteiger charge is 2.28. The molecule has 1 amide bonds. The van der Waals surface area contributed by atoms with Crippen LogP contribution in [0.25, 0.3) is 0 Å². The summed E-state index contributed by atoms with van der Waals surface area (Å²) in [4.78, 5) is 13.5. The highest BCUT2D eigenvalue weighted by Crippen LogP contribution is 2.27. The van der Waals surface area contributed by atoms with Crippen LogP contribution in [0.1, 0.15) is 33.6 Å². The maximum absolute atomic E-state index is 13.7. The zero-order valence-corrected chi connectivity index (χ0v) is 13.6. The highest BCUT2D eigenvalue weighted by molar-refractivity contribution is 5.68. The van der Waals surface area contributed by atoms with Crippen LogP contribution in [0.2, 0.25) is 0 Å². The van der Waals surface area contributed by atoms with Gasteiger partial charge in [0.25, 0.3) is 0 Å². The maximum Gasteiger partial charge on any atom is 0.410 e. The average Bonchev–Trinajstić information content (AvgIpc) is 2.41. The van der Waals surface area contributed by atoms with E-state index in [9.17, 15) is 13.6 Å². The van der Waals surface area contributed by atoms with Crippen molar-refractivity contribution in [3.8, 4) is 5.75 Å². The van der Waals surface area contributed by atoms with Crippen molar-refractivity contribution in [2.24, 2.45) is 0 Å². The number of piperidine rings is 1. The number of nitrogen functional groups attached to an aromatic ring is 1. The zero-order valence-electron chi connectivity index (χ0n) is 13.6. The number of likely N-dealkylation sites (tertiary alicyclic amines) is 1. The Labute approximate surface area is 134 Å². The van der Waals surface area contributed by atoms with Crippen LogP contribution in [-0.2, 0) is 4.74 Å². The molecular formula is C16H22F2N2O3. The van der Waals surface area contributed by atoms with E-state index in [-0.39, 0.29) is 17.9 Å². The number of carbonyl (C=O) groups excluding carboxylic acids is 1. The van der Waals surface area contributed by atoms with Gasteiger partial charge < -0.3 is 20.1 Å². The molecule has 1 heterocycles. The number of anilines is 1. The van der Waals surface area contributed by atoms with E-state index in [0.717, 1.165) is 12.1 Å². The lowest BCUT2D eigenvalue weighted by Crippen LogP contribution is -2.44. The average molecular weight is 328 g/mol. The minimum atomic E-state index is -0.822. The fourth-order valence-corrected chi connectivity index (χ4v) is 2.34. The quantitative estimate of drug-likeness (QED) is 0.846. The van der Waals surface area contributed by atoms with Crippen molar-refractivity contribution in [1.29, 1.82) is 0 Å². The van der Waals surface area contributed by atoms with Crippen molar-refractivity contribution in [3.63, 3.8) is 0 Å². The number of hydrogen-bond acceptors (Lipinski definition) is 4. The van der Waals surface area contributed by atoms with Crippen LogP contribution in [0.3, 0.4) is 0 Å². The molecule has 1 aliphatic heterocycles. The number of carbonyl (C=O) groups is 1. The topological polar surface area (TPSA) is 64.8 Å². The van der Waals surface area contributed by atoms with Gasteiger partial charge in [-0.05, 0) is 20.8 Å². The standard InChI is InChI=1S/C16H22F2N2O3/c1-16(2,3)23-15(21)20-6-4-11(5-7-20)22-14-12(17)8-10(19)9-13(14)18/h8-9,11H,4-7,19H2,1-3H3. The second-order valence-electron chi connectivity index (χ2n) is 6.60. The Balaban J connectivity index is 1.92. The molecule has 23 heavy (non-hydrogen) atoms. The first-order valence-electron chi connectivity index (χ1n) is 7.55. The molecule has 0 radical (unpaired) electrons. The van der Waals surface area contributed by atoms with Crippen molar-refractivity contribution >= 4 is 11.8 Å². The van der Waals surface area contributed by atoms with E-state index in [1.807, 2.05) is 0 Å². The van der Waals surface area contributed by atoms with Crippen LogP contribution in [0.4, 0.5) is 19.3 Å². The Bertz CT molecular complexity index is 556. The van der Waals surface area contributed by atoms with Crippen molar-refractivity contribution in [3.05, 3.63) is 23.8 Å². The lowest BCUT2D eigenvalue weighted by atomic mass is 10.1. The lowest BCUT2D eigenvalue weighted by Gasteiger charge is -2.33. The van der Waals surface area contributed by atoms with Gasteiger partial charge >= 0.3 is 6.09 Å². The SMILES string of the molecule is CC(C)(C)OC(=O)N1CCC(Oc2c(F)cc(N)cc2F)CC1. The van der Waals surface area contributed by atoms with Crippen LogP contribution in [-0.4, -0.2) is 35.8 Å². The van der Waals surface area contributed by atoms with Gasteiger partial charge in [-0.2, -0.15) is 0 Å². The van der Waals surface area contributed by atoms with E-state index in [2.05, 4.69) is 0 Å². The fourth-order valence-electron chi connectivity index (χ4n) is 2.34. The van der Waals surface area contributed by atoms with E-state index in [1.165, 1.54) is 0 Å². The van der Waals surface area contributed by atoms with E-state index in [1.54, 1.807) is 25.7 Å². The summed E-state index contributed by atoms with van der Waals surface area (Å²) in [6.45, 7) is 6.23. The Hall–Kier alpha value is -2.05. The summed E-state index contributed by atoms with van der Waals surface area (Å²) < 4.78 is 38.2. The molecule has 0 atom stereocenters. The molecule has 1 aromatic rings. The molecule has 0 aliphatic carbocycles. The molecule has 2 rings (SSSR count). The first kappa shape index (κ1) is 17.3. The van der Waals surface area contributed by atoms with E-state index >= 15 is 0 Å². The predicted octanol–water partition coefficient (Wildman–Crippen LogP) is 3.33. The summed E-state index contributed by atoms with van der Waals surface area (Å²) in [5.74, 6) is -2.07. The normalized spacial score (nSPS) is 16.3. The van der Waals surface area contributed by atoms with Gasteiger partial charge in [-0.15, -0.1) is 0 Å². The molecule has 2 N–H and O–H groups in total. The number of amides is 1. The van der Waals surface area contributed by atoms with Gasteiger partial charge in [-0.3, -0.25) is 0 Å². The molecule has 0 spiro atoms. The number of halogens is 2. The maximum atomic E-state index is 13.7. The van der Waals surface area contributed by atoms with Crippen molar-refractivity contribution in [2.75, 3.05) is 18.8 Å². The minimum Gasteiger partial charge on any atom is -0.484 e. The number of nitrogens with zero attached hydrogens (tertiary/aromatic N) is 1. The third kappa shape index (κ3) is 4.71. The van der Waals surface area contributed by atoms with Crippen molar-refractivity contribution in [2.45, 2.75) is 45.3 Å². The van der Waals surface area contributed by atoms with Crippen LogP contribution >= 0.6 is 0 Å². The van der Waals surface area contributed by atoms with Crippen LogP contribution < -0.4 is 10.5 Å². The van der Waals surface area contributed by atoms with Gasteiger partial charge in [-0.25, -0.2) is 13.6 Å². The Morgan fingerprint density at radius 2 is 1.74 bits per heavy atom. The van der Waals surface area contributed by atoms with Crippen LogP contribution in [0.15, 0.2) is 12.1 Å². The summed E-state index contributed by atoms with van der Waals surface area (Å²) in [6, 6.07) is 2.04. The first-order valence-corrected chi connectivity index (χ1v) is 7.55. The summed E-state index contributed by atoms with van der Waals surface area (Å²) in [5.41, 5.74) is 4.82. The molecule has 128 valence electrons. The van der Waals surface area contributed by atoms with Gasteiger partial charge in [0.15, 0.2) is 17.4 Å². The number of nitrogens with two attached hydrogens (primary N) is 1. The second kappa shape index (κ2) is 6.60. The molecular weight excluding hydrogens is 306 g/mol. The lowest BCUT2D eigenvalue weighted by molar-refractivity contribution is 0.0119. The molecule has 1 aromatic carbocycles. The van der Waals surface area contributed by atoms with Crippen LogP contribution in [0.5, 0.6) is 5.75 Å². The first-order chi connectivity index (χ1) is 10.7. The summed E-state index contributed by atoms with van der Waals surface area (Å²) in [7, 11) is 0. The predicted molar refractivity (Wildman–Crippen MR) is 82.2 cm³/mol. The summed E-state index contributed by atoms with van der Waals surface area (Å²) in [6.07, 6.45) is 0.201. The molecule has 1 aliphatic rings. The molecule has 1 saturated heterocycles. The highest BCUT2D eigenvalue weighted by atomic mass is 19.1.